The van der Waals surface area contributed by atoms with E-state index in [-0.39, 0.29) is 12.0 Å². The molecule has 0 N–H and O–H groups in total. The molecular weight excluding hydrogens is 257 g/mol. The molecule has 1 aromatic carbocycles. The zero-order valence-corrected chi connectivity index (χ0v) is 11.5. The van der Waals surface area contributed by atoms with Crippen LogP contribution in [0.5, 0.6) is 5.75 Å². The van der Waals surface area contributed by atoms with Crippen LogP contribution in [0.25, 0.3) is 0 Å². The van der Waals surface area contributed by atoms with E-state index in [0.29, 0.717) is 18.8 Å². The molecule has 1 heterocycles. The summed E-state index contributed by atoms with van der Waals surface area (Å²) in [6.45, 7) is 2.04. The molecule has 0 aliphatic rings. The number of alkyl halides is 1. The fourth-order valence-electron chi connectivity index (χ4n) is 2.14. The number of rotatable bonds is 6. The van der Waals surface area contributed by atoms with E-state index in [1.807, 2.05) is 37.3 Å². The van der Waals surface area contributed by atoms with E-state index in [9.17, 15) is 9.18 Å². The SMILES string of the molecule is CCc1c(OCc2ccccc2)c(=O)ccn1CCF. The van der Waals surface area contributed by atoms with Crippen LogP contribution in [0.3, 0.4) is 0 Å². The number of aromatic nitrogens is 1. The van der Waals surface area contributed by atoms with Gasteiger partial charge in [-0.15, -0.1) is 0 Å². The minimum absolute atomic E-state index is 0.159. The summed E-state index contributed by atoms with van der Waals surface area (Å²) in [5.74, 6) is 0.326. The van der Waals surface area contributed by atoms with Gasteiger partial charge in [0.25, 0.3) is 0 Å². The highest BCUT2D eigenvalue weighted by molar-refractivity contribution is 5.29. The smallest absolute Gasteiger partial charge is 0.223 e. The Hall–Kier alpha value is -2.10. The molecule has 4 heteroatoms. The first kappa shape index (κ1) is 14.3. The Bertz CT molecular complexity index is 608. The van der Waals surface area contributed by atoms with E-state index < -0.39 is 6.67 Å². The van der Waals surface area contributed by atoms with Crippen molar-refractivity contribution in [2.45, 2.75) is 26.5 Å². The predicted molar refractivity (Wildman–Crippen MR) is 76.8 cm³/mol. The minimum atomic E-state index is -0.464. The number of hydrogen-bond donors (Lipinski definition) is 0. The molecule has 0 atom stereocenters. The average Bonchev–Trinajstić information content (AvgIpc) is 2.48. The number of nitrogens with zero attached hydrogens (tertiary/aromatic N) is 1. The van der Waals surface area contributed by atoms with Crippen molar-refractivity contribution in [2.24, 2.45) is 0 Å². The van der Waals surface area contributed by atoms with E-state index in [0.717, 1.165) is 11.3 Å². The van der Waals surface area contributed by atoms with Crippen molar-refractivity contribution in [3.8, 4) is 5.75 Å². The molecule has 0 aliphatic carbocycles. The standard InChI is InChI=1S/C16H18FNO2/c1-2-14-16(15(19)8-10-18(14)11-9-17)20-12-13-6-4-3-5-7-13/h3-8,10H,2,9,11-12H2,1H3. The van der Waals surface area contributed by atoms with Gasteiger partial charge in [0.15, 0.2) is 5.75 Å². The van der Waals surface area contributed by atoms with Crippen LogP contribution < -0.4 is 10.2 Å². The summed E-state index contributed by atoms with van der Waals surface area (Å²) in [7, 11) is 0. The molecule has 0 aliphatic heterocycles. The third kappa shape index (κ3) is 3.26. The first-order chi connectivity index (χ1) is 9.76. The number of aryl methyl sites for hydroxylation is 1. The topological polar surface area (TPSA) is 31.2 Å². The molecule has 0 amide bonds. The van der Waals surface area contributed by atoms with Gasteiger partial charge in [0.1, 0.15) is 13.3 Å². The van der Waals surface area contributed by atoms with Gasteiger partial charge in [-0.2, -0.15) is 0 Å². The molecule has 2 rings (SSSR count). The third-order valence-corrected chi connectivity index (χ3v) is 3.12. The van der Waals surface area contributed by atoms with Gasteiger partial charge in [0.05, 0.1) is 12.2 Å². The van der Waals surface area contributed by atoms with Crippen molar-refractivity contribution in [3.63, 3.8) is 0 Å². The summed E-state index contributed by atoms with van der Waals surface area (Å²) in [6.07, 6.45) is 2.25. The lowest BCUT2D eigenvalue weighted by Crippen LogP contribution is -2.17. The van der Waals surface area contributed by atoms with Gasteiger partial charge >= 0.3 is 0 Å². The average molecular weight is 275 g/mol. The second kappa shape index (κ2) is 6.89. The lowest BCUT2D eigenvalue weighted by Gasteiger charge is -2.15. The van der Waals surface area contributed by atoms with Crippen molar-refractivity contribution in [1.82, 2.24) is 4.57 Å². The second-order valence-corrected chi connectivity index (χ2v) is 4.47. The van der Waals surface area contributed by atoms with E-state index >= 15 is 0 Å². The largest absolute Gasteiger partial charge is 0.483 e. The summed E-state index contributed by atoms with van der Waals surface area (Å²) >= 11 is 0. The normalized spacial score (nSPS) is 10.5. The van der Waals surface area contributed by atoms with Gasteiger partial charge in [-0.1, -0.05) is 37.3 Å². The maximum atomic E-state index is 12.5. The first-order valence-electron chi connectivity index (χ1n) is 6.71. The fraction of sp³-hybridized carbons (Fsp3) is 0.312. The Morgan fingerprint density at radius 3 is 2.60 bits per heavy atom. The Morgan fingerprint density at radius 1 is 1.20 bits per heavy atom. The van der Waals surface area contributed by atoms with E-state index in [1.54, 1.807) is 10.8 Å². The van der Waals surface area contributed by atoms with Crippen LogP contribution in [-0.2, 0) is 19.6 Å². The lowest BCUT2D eigenvalue weighted by molar-refractivity contribution is 0.294. The van der Waals surface area contributed by atoms with Crippen molar-refractivity contribution >= 4 is 0 Å². The molecule has 0 fully saturated rings. The van der Waals surface area contributed by atoms with Crippen molar-refractivity contribution < 1.29 is 9.13 Å². The molecule has 0 bridgehead atoms. The molecular formula is C16H18FNO2. The molecule has 0 unspecified atom stereocenters. The van der Waals surface area contributed by atoms with Crippen LogP contribution in [0.2, 0.25) is 0 Å². The van der Waals surface area contributed by atoms with Gasteiger partial charge in [-0.05, 0) is 12.0 Å². The zero-order valence-electron chi connectivity index (χ0n) is 11.5. The van der Waals surface area contributed by atoms with Gasteiger partial charge in [0.2, 0.25) is 5.43 Å². The quantitative estimate of drug-likeness (QED) is 0.811. The van der Waals surface area contributed by atoms with Gasteiger partial charge in [0, 0.05) is 12.3 Å². The van der Waals surface area contributed by atoms with Crippen molar-refractivity contribution in [2.75, 3.05) is 6.67 Å². The van der Waals surface area contributed by atoms with Crippen LogP contribution >= 0.6 is 0 Å². The molecule has 3 nitrogen and oxygen atoms in total. The summed E-state index contributed by atoms with van der Waals surface area (Å²) < 4.78 is 20.0. The summed E-state index contributed by atoms with van der Waals surface area (Å²) in [5.41, 5.74) is 1.58. The highest BCUT2D eigenvalue weighted by atomic mass is 19.1. The summed E-state index contributed by atoms with van der Waals surface area (Å²) in [5, 5.41) is 0. The molecule has 0 radical (unpaired) electrons. The number of benzene rings is 1. The second-order valence-electron chi connectivity index (χ2n) is 4.47. The minimum Gasteiger partial charge on any atom is -0.483 e. The molecule has 106 valence electrons. The maximum Gasteiger partial charge on any atom is 0.223 e. The summed E-state index contributed by atoms with van der Waals surface area (Å²) in [6, 6.07) is 11.1. The van der Waals surface area contributed by atoms with Crippen LogP contribution in [0.4, 0.5) is 4.39 Å². The Labute approximate surface area is 117 Å². The Balaban J connectivity index is 2.26. The molecule has 0 spiro atoms. The zero-order chi connectivity index (χ0) is 14.4. The number of hydrogen-bond acceptors (Lipinski definition) is 2. The van der Waals surface area contributed by atoms with Crippen molar-refractivity contribution in [3.05, 3.63) is 64.1 Å². The van der Waals surface area contributed by atoms with Crippen LogP contribution in [0.15, 0.2) is 47.4 Å². The highest BCUT2D eigenvalue weighted by Gasteiger charge is 2.11. The molecule has 1 aromatic heterocycles. The Kier molecular flexibility index (Phi) is 4.93. The number of halogens is 1. The van der Waals surface area contributed by atoms with Crippen LogP contribution in [-0.4, -0.2) is 11.2 Å². The van der Waals surface area contributed by atoms with Gasteiger partial charge in [-0.25, -0.2) is 4.39 Å². The first-order valence-corrected chi connectivity index (χ1v) is 6.71. The number of pyridine rings is 1. The molecule has 0 saturated heterocycles. The van der Waals surface area contributed by atoms with Crippen molar-refractivity contribution in [1.29, 1.82) is 0 Å². The molecule has 0 saturated carbocycles. The lowest BCUT2D eigenvalue weighted by atomic mass is 10.2. The number of ether oxygens (including phenoxy) is 1. The van der Waals surface area contributed by atoms with Crippen LogP contribution in [0.1, 0.15) is 18.2 Å². The van der Waals surface area contributed by atoms with Crippen LogP contribution in [0, 0.1) is 0 Å². The highest BCUT2D eigenvalue weighted by Crippen LogP contribution is 2.16. The monoisotopic (exact) mass is 275 g/mol. The Morgan fingerprint density at radius 2 is 1.95 bits per heavy atom. The van der Waals surface area contributed by atoms with E-state index in [1.165, 1.54) is 6.07 Å². The van der Waals surface area contributed by atoms with E-state index in [2.05, 4.69) is 0 Å². The molecule has 20 heavy (non-hydrogen) atoms. The fourth-order valence-corrected chi connectivity index (χ4v) is 2.14. The van der Waals surface area contributed by atoms with E-state index in [4.69, 9.17) is 4.74 Å². The predicted octanol–water partition coefficient (Wildman–Crippen LogP) is 2.96. The van der Waals surface area contributed by atoms with Gasteiger partial charge < -0.3 is 9.30 Å². The summed E-state index contributed by atoms with van der Waals surface area (Å²) in [4.78, 5) is 11.9. The molecule has 2 aromatic rings. The maximum absolute atomic E-state index is 12.5. The van der Waals surface area contributed by atoms with Gasteiger partial charge in [-0.3, -0.25) is 4.79 Å². The third-order valence-electron chi connectivity index (χ3n) is 3.12.